The first-order chi connectivity index (χ1) is 12.7. The van der Waals surface area contributed by atoms with Crippen molar-refractivity contribution < 1.29 is 0 Å². The molecule has 0 saturated carbocycles. The van der Waals surface area contributed by atoms with Crippen LogP contribution in [-0.2, 0) is 6.54 Å². The number of benzene rings is 2. The summed E-state index contributed by atoms with van der Waals surface area (Å²) in [6.45, 7) is 2.83. The number of halogens is 1. The molecule has 0 aliphatic rings. The van der Waals surface area contributed by atoms with Crippen LogP contribution in [0.2, 0.25) is 5.02 Å². The Morgan fingerprint density at radius 3 is 2.50 bits per heavy atom. The molecule has 4 rings (SSSR count). The maximum Gasteiger partial charge on any atom is 0.137 e. The molecular formula is C22H20ClN3. The molecule has 0 spiro atoms. The quantitative estimate of drug-likeness (QED) is 0.508. The third-order valence-corrected chi connectivity index (χ3v) is 4.97. The van der Waals surface area contributed by atoms with E-state index in [0.717, 1.165) is 33.2 Å². The molecule has 1 atom stereocenters. The van der Waals surface area contributed by atoms with Crippen molar-refractivity contribution in [2.45, 2.75) is 19.5 Å². The van der Waals surface area contributed by atoms with Crippen LogP contribution in [0.1, 0.15) is 24.2 Å². The first kappa shape index (κ1) is 16.8. The van der Waals surface area contributed by atoms with Crippen LogP contribution in [0, 0.1) is 0 Å². The molecule has 0 aliphatic carbocycles. The summed E-state index contributed by atoms with van der Waals surface area (Å²) in [6.07, 6.45) is 2.06. The molecule has 1 unspecified atom stereocenters. The molecule has 4 aromatic rings. The first-order valence-corrected chi connectivity index (χ1v) is 9.11. The van der Waals surface area contributed by atoms with E-state index >= 15 is 0 Å². The molecule has 0 amide bonds. The van der Waals surface area contributed by atoms with Gasteiger partial charge in [-0.25, -0.2) is 4.98 Å². The Labute approximate surface area is 158 Å². The normalized spacial score (nSPS) is 12.4. The van der Waals surface area contributed by atoms with Gasteiger partial charge in [0.15, 0.2) is 0 Å². The second kappa shape index (κ2) is 7.32. The van der Waals surface area contributed by atoms with Gasteiger partial charge < -0.3 is 9.72 Å². The zero-order valence-corrected chi connectivity index (χ0v) is 15.3. The molecule has 0 saturated heterocycles. The van der Waals surface area contributed by atoms with Crippen LogP contribution < -0.4 is 5.32 Å². The van der Waals surface area contributed by atoms with Crippen LogP contribution >= 0.6 is 11.6 Å². The Kier molecular flexibility index (Phi) is 4.74. The molecule has 4 heteroatoms. The van der Waals surface area contributed by atoms with Crippen LogP contribution in [0.25, 0.3) is 16.9 Å². The minimum absolute atomic E-state index is 0.140. The Bertz CT molecular complexity index is 1020. The summed E-state index contributed by atoms with van der Waals surface area (Å²) < 4.78 is 2.15. The van der Waals surface area contributed by atoms with E-state index in [4.69, 9.17) is 16.6 Å². The van der Waals surface area contributed by atoms with E-state index in [0.29, 0.717) is 6.54 Å². The van der Waals surface area contributed by atoms with E-state index in [9.17, 15) is 0 Å². The summed E-state index contributed by atoms with van der Waals surface area (Å²) in [5, 5.41) is 4.39. The molecule has 0 bridgehead atoms. The van der Waals surface area contributed by atoms with Crippen LogP contribution in [0.3, 0.4) is 0 Å². The van der Waals surface area contributed by atoms with Crippen molar-refractivity contribution in [2.75, 3.05) is 0 Å². The number of nitrogens with one attached hydrogen (secondary N) is 1. The molecule has 26 heavy (non-hydrogen) atoms. The van der Waals surface area contributed by atoms with Crippen molar-refractivity contribution >= 4 is 17.2 Å². The number of pyridine rings is 1. The lowest BCUT2D eigenvalue weighted by molar-refractivity contribution is 0.567. The fraction of sp³-hybridized carbons (Fsp3) is 0.136. The van der Waals surface area contributed by atoms with Gasteiger partial charge in [-0.2, -0.15) is 0 Å². The number of nitrogens with zero attached hydrogens (tertiary/aromatic N) is 2. The molecule has 130 valence electrons. The van der Waals surface area contributed by atoms with Gasteiger partial charge in [0.05, 0.1) is 11.4 Å². The molecule has 1 N–H and O–H groups in total. The molecule has 2 aromatic heterocycles. The third-order valence-electron chi connectivity index (χ3n) is 4.62. The largest absolute Gasteiger partial charge is 0.304 e. The summed E-state index contributed by atoms with van der Waals surface area (Å²) in [5.41, 5.74) is 5.33. The van der Waals surface area contributed by atoms with Crippen LogP contribution in [0.15, 0.2) is 79.0 Å². The Balaban J connectivity index is 1.68. The van der Waals surface area contributed by atoms with Gasteiger partial charge in [0.25, 0.3) is 0 Å². The van der Waals surface area contributed by atoms with Gasteiger partial charge in [-0.05, 0) is 30.7 Å². The molecule has 2 aromatic carbocycles. The number of aromatic nitrogens is 2. The van der Waals surface area contributed by atoms with Crippen molar-refractivity contribution in [3.05, 3.63) is 95.3 Å². The Morgan fingerprint density at radius 1 is 0.962 bits per heavy atom. The van der Waals surface area contributed by atoms with Crippen molar-refractivity contribution in [1.29, 1.82) is 0 Å². The highest BCUT2D eigenvalue weighted by molar-refractivity contribution is 6.31. The van der Waals surface area contributed by atoms with Crippen molar-refractivity contribution in [2.24, 2.45) is 0 Å². The lowest BCUT2D eigenvalue weighted by Gasteiger charge is -2.16. The minimum atomic E-state index is 0.140. The maximum absolute atomic E-state index is 6.34. The topological polar surface area (TPSA) is 29.3 Å². The van der Waals surface area contributed by atoms with Gasteiger partial charge in [-0.15, -0.1) is 0 Å². The standard InChI is InChI=1S/C22H20ClN3/c1-16(18-11-5-6-12-19(18)23)24-15-20-22(17-9-3-2-4-10-17)25-21-13-7-8-14-26(20)21/h2-14,16,24H,15H2,1H3. The van der Waals surface area contributed by atoms with E-state index in [2.05, 4.69) is 41.0 Å². The second-order valence-electron chi connectivity index (χ2n) is 6.33. The summed E-state index contributed by atoms with van der Waals surface area (Å²) in [6, 6.07) is 24.5. The monoisotopic (exact) mass is 361 g/mol. The molecular weight excluding hydrogens is 342 g/mol. The average Bonchev–Trinajstić information content (AvgIpc) is 3.06. The minimum Gasteiger partial charge on any atom is -0.304 e. The molecule has 2 heterocycles. The lowest BCUT2D eigenvalue weighted by Crippen LogP contribution is -2.19. The van der Waals surface area contributed by atoms with Crippen LogP contribution in [-0.4, -0.2) is 9.38 Å². The van der Waals surface area contributed by atoms with Gasteiger partial charge in [0, 0.05) is 29.4 Å². The maximum atomic E-state index is 6.34. The van der Waals surface area contributed by atoms with E-state index in [-0.39, 0.29) is 6.04 Å². The fourth-order valence-electron chi connectivity index (χ4n) is 3.23. The van der Waals surface area contributed by atoms with Crippen LogP contribution in [0.5, 0.6) is 0 Å². The van der Waals surface area contributed by atoms with E-state index < -0.39 is 0 Å². The van der Waals surface area contributed by atoms with E-state index in [1.165, 1.54) is 0 Å². The first-order valence-electron chi connectivity index (χ1n) is 8.73. The summed E-state index contributed by atoms with van der Waals surface area (Å²) in [4.78, 5) is 4.85. The van der Waals surface area contributed by atoms with Gasteiger partial charge in [-0.1, -0.05) is 66.2 Å². The highest BCUT2D eigenvalue weighted by Crippen LogP contribution is 2.26. The number of rotatable bonds is 5. The Hall–Kier alpha value is -2.62. The number of imidazole rings is 1. The lowest BCUT2D eigenvalue weighted by atomic mass is 10.1. The van der Waals surface area contributed by atoms with Crippen molar-refractivity contribution in [3.8, 4) is 11.3 Å². The number of fused-ring (bicyclic) bond motifs is 1. The number of hydrogen-bond acceptors (Lipinski definition) is 2. The average molecular weight is 362 g/mol. The predicted molar refractivity (Wildman–Crippen MR) is 107 cm³/mol. The summed E-state index contributed by atoms with van der Waals surface area (Å²) in [7, 11) is 0. The smallest absolute Gasteiger partial charge is 0.137 e. The molecule has 0 radical (unpaired) electrons. The van der Waals surface area contributed by atoms with E-state index in [1.807, 2.05) is 54.6 Å². The highest BCUT2D eigenvalue weighted by atomic mass is 35.5. The van der Waals surface area contributed by atoms with Gasteiger partial charge >= 0.3 is 0 Å². The molecule has 0 aliphatic heterocycles. The fourth-order valence-corrected chi connectivity index (χ4v) is 3.53. The predicted octanol–water partition coefficient (Wildman–Crippen LogP) is 5.51. The third kappa shape index (κ3) is 3.24. The number of hydrogen-bond donors (Lipinski definition) is 1. The van der Waals surface area contributed by atoms with Crippen molar-refractivity contribution in [3.63, 3.8) is 0 Å². The zero-order valence-electron chi connectivity index (χ0n) is 14.6. The van der Waals surface area contributed by atoms with Gasteiger partial charge in [0.2, 0.25) is 0 Å². The summed E-state index contributed by atoms with van der Waals surface area (Å²) in [5.74, 6) is 0. The zero-order chi connectivity index (χ0) is 17.9. The second-order valence-corrected chi connectivity index (χ2v) is 6.73. The molecule has 3 nitrogen and oxygen atoms in total. The van der Waals surface area contributed by atoms with Gasteiger partial charge in [-0.3, -0.25) is 0 Å². The van der Waals surface area contributed by atoms with E-state index in [1.54, 1.807) is 0 Å². The van der Waals surface area contributed by atoms with Crippen molar-refractivity contribution in [1.82, 2.24) is 14.7 Å². The summed E-state index contributed by atoms with van der Waals surface area (Å²) >= 11 is 6.34. The molecule has 0 fully saturated rings. The van der Waals surface area contributed by atoms with Crippen LogP contribution in [0.4, 0.5) is 0 Å². The SMILES string of the molecule is CC(NCc1c(-c2ccccc2)nc2ccccn12)c1ccccc1Cl. The highest BCUT2D eigenvalue weighted by Gasteiger charge is 2.15. The Morgan fingerprint density at radius 2 is 1.69 bits per heavy atom. The van der Waals surface area contributed by atoms with Gasteiger partial charge in [0.1, 0.15) is 5.65 Å².